The lowest BCUT2D eigenvalue weighted by Gasteiger charge is -2.15. The van der Waals surface area contributed by atoms with Gasteiger partial charge in [-0.25, -0.2) is 4.18 Å². The van der Waals surface area contributed by atoms with Gasteiger partial charge in [0.25, 0.3) is 10.1 Å². The van der Waals surface area contributed by atoms with Crippen LogP contribution in [0.5, 0.6) is 0 Å². The highest BCUT2D eigenvalue weighted by Crippen LogP contribution is 2.18. The fourth-order valence-corrected chi connectivity index (χ4v) is 2.41. The molecule has 1 rings (SSSR count). The van der Waals surface area contributed by atoms with E-state index < -0.39 is 16.4 Å². The largest absolute Gasteiger partial charge is 0.367 e. The zero-order valence-corrected chi connectivity index (χ0v) is 11.8. The molecule has 1 N–H and O–H groups in total. The maximum absolute atomic E-state index is 11.8. The smallest absolute Gasteiger partial charge is 0.299 e. The van der Waals surface area contributed by atoms with Gasteiger partial charge in [-0.3, -0.25) is 0 Å². The van der Waals surface area contributed by atoms with Crippen LogP contribution in [0.4, 0.5) is 0 Å². The summed E-state index contributed by atoms with van der Waals surface area (Å²) in [5, 5.41) is 9.60. The molecule has 0 aliphatic carbocycles. The molecule has 0 fully saturated rings. The highest BCUT2D eigenvalue weighted by atomic mass is 32.2. The van der Waals surface area contributed by atoms with Crippen molar-refractivity contribution >= 4 is 10.1 Å². The molecule has 0 aromatic heterocycles. The molecule has 0 heterocycles. The molecule has 18 heavy (non-hydrogen) atoms. The van der Waals surface area contributed by atoms with Gasteiger partial charge >= 0.3 is 0 Å². The van der Waals surface area contributed by atoms with Crippen molar-refractivity contribution in [1.82, 2.24) is 0 Å². The van der Waals surface area contributed by atoms with E-state index in [1.54, 1.807) is 12.1 Å². The molecule has 0 bridgehead atoms. The van der Waals surface area contributed by atoms with Crippen molar-refractivity contribution in [3.63, 3.8) is 0 Å². The SMILES string of the molecule is CCC(C)CC(O)OS(=O)(=O)c1ccc(C)cc1. The number of hydrogen-bond donors (Lipinski definition) is 1. The summed E-state index contributed by atoms with van der Waals surface area (Å²) < 4.78 is 28.4. The molecular formula is C13H20O4S. The minimum absolute atomic E-state index is 0.0660. The van der Waals surface area contributed by atoms with Gasteiger partial charge in [-0.05, 0) is 25.0 Å². The summed E-state index contributed by atoms with van der Waals surface area (Å²) >= 11 is 0. The van der Waals surface area contributed by atoms with Gasteiger partial charge in [0.05, 0.1) is 4.90 Å². The Labute approximate surface area is 109 Å². The van der Waals surface area contributed by atoms with Crippen molar-refractivity contribution in [3.8, 4) is 0 Å². The first-order valence-corrected chi connectivity index (χ1v) is 7.44. The molecule has 2 atom stereocenters. The summed E-state index contributed by atoms with van der Waals surface area (Å²) in [7, 11) is -3.88. The van der Waals surface area contributed by atoms with Crippen molar-refractivity contribution in [2.45, 2.75) is 44.8 Å². The Kier molecular flexibility index (Phi) is 5.31. The van der Waals surface area contributed by atoms with Crippen LogP contribution in [-0.2, 0) is 14.3 Å². The summed E-state index contributed by atoms with van der Waals surface area (Å²) in [6.07, 6.45) is -0.113. The van der Waals surface area contributed by atoms with Crippen LogP contribution in [0.3, 0.4) is 0 Å². The summed E-state index contributed by atoms with van der Waals surface area (Å²) in [6.45, 7) is 5.78. The van der Waals surface area contributed by atoms with Crippen molar-refractivity contribution in [2.24, 2.45) is 5.92 Å². The molecule has 4 nitrogen and oxygen atoms in total. The molecule has 2 unspecified atom stereocenters. The number of hydrogen-bond acceptors (Lipinski definition) is 4. The maximum Gasteiger partial charge on any atom is 0.299 e. The van der Waals surface area contributed by atoms with Crippen LogP contribution in [0.25, 0.3) is 0 Å². The highest BCUT2D eigenvalue weighted by molar-refractivity contribution is 7.86. The summed E-state index contributed by atoms with van der Waals surface area (Å²) in [4.78, 5) is 0.0660. The number of aliphatic hydroxyl groups is 1. The van der Waals surface area contributed by atoms with Gasteiger partial charge in [0.2, 0.25) is 0 Å². The average Bonchev–Trinajstić information content (AvgIpc) is 2.28. The predicted molar refractivity (Wildman–Crippen MR) is 69.5 cm³/mol. The molecule has 0 saturated carbocycles. The summed E-state index contributed by atoms with van der Waals surface area (Å²) in [5.41, 5.74) is 0.967. The molecule has 102 valence electrons. The Morgan fingerprint density at radius 2 is 1.83 bits per heavy atom. The van der Waals surface area contributed by atoms with Crippen molar-refractivity contribution < 1.29 is 17.7 Å². The van der Waals surface area contributed by atoms with Gasteiger partial charge in [-0.1, -0.05) is 38.0 Å². The lowest BCUT2D eigenvalue weighted by Crippen LogP contribution is -2.20. The lowest BCUT2D eigenvalue weighted by molar-refractivity contribution is -0.0280. The second-order valence-electron chi connectivity index (χ2n) is 4.57. The van der Waals surface area contributed by atoms with Crippen LogP contribution < -0.4 is 0 Å². The molecule has 0 aliphatic rings. The molecule has 1 aromatic rings. The third-order valence-electron chi connectivity index (χ3n) is 2.85. The summed E-state index contributed by atoms with van der Waals surface area (Å²) in [5.74, 6) is 0.216. The minimum Gasteiger partial charge on any atom is -0.367 e. The molecule has 0 radical (unpaired) electrons. The Balaban J connectivity index is 2.73. The van der Waals surface area contributed by atoms with E-state index in [2.05, 4.69) is 0 Å². The average molecular weight is 272 g/mol. The molecular weight excluding hydrogens is 252 g/mol. The van der Waals surface area contributed by atoms with Gasteiger partial charge in [0, 0.05) is 6.42 Å². The first-order chi connectivity index (χ1) is 8.35. The summed E-state index contributed by atoms with van der Waals surface area (Å²) in [6, 6.07) is 6.33. The standard InChI is InChI=1S/C13H20O4S/c1-4-10(2)9-13(14)17-18(15,16)12-7-5-11(3)6-8-12/h5-8,10,13-14H,4,9H2,1-3H3. The number of rotatable bonds is 6. The second kappa shape index (κ2) is 6.31. The molecule has 0 amide bonds. The van der Waals surface area contributed by atoms with E-state index in [9.17, 15) is 13.5 Å². The maximum atomic E-state index is 11.8. The second-order valence-corrected chi connectivity index (χ2v) is 6.14. The first kappa shape index (κ1) is 15.1. The molecule has 1 aromatic carbocycles. The number of aliphatic hydroxyl groups excluding tert-OH is 1. The zero-order valence-electron chi connectivity index (χ0n) is 11.0. The normalized spacial score (nSPS) is 15.3. The molecule has 0 saturated heterocycles. The molecule has 5 heteroatoms. The van der Waals surface area contributed by atoms with Crippen LogP contribution in [0.2, 0.25) is 0 Å². The monoisotopic (exact) mass is 272 g/mol. The topological polar surface area (TPSA) is 63.6 Å². The van der Waals surface area contributed by atoms with E-state index in [-0.39, 0.29) is 10.8 Å². The van der Waals surface area contributed by atoms with E-state index in [0.717, 1.165) is 12.0 Å². The van der Waals surface area contributed by atoms with E-state index in [1.807, 2.05) is 20.8 Å². The third kappa shape index (κ3) is 4.40. The Morgan fingerprint density at radius 1 is 1.28 bits per heavy atom. The van der Waals surface area contributed by atoms with Gasteiger partial charge in [-0.2, -0.15) is 8.42 Å². The Hall–Kier alpha value is -0.910. The zero-order chi connectivity index (χ0) is 13.8. The Morgan fingerprint density at radius 3 is 2.33 bits per heavy atom. The van der Waals surface area contributed by atoms with E-state index >= 15 is 0 Å². The molecule has 0 spiro atoms. The minimum atomic E-state index is -3.88. The highest BCUT2D eigenvalue weighted by Gasteiger charge is 2.21. The fourth-order valence-electron chi connectivity index (χ4n) is 1.46. The van der Waals surface area contributed by atoms with Crippen molar-refractivity contribution in [1.29, 1.82) is 0 Å². The van der Waals surface area contributed by atoms with Gasteiger partial charge < -0.3 is 5.11 Å². The van der Waals surface area contributed by atoms with Gasteiger partial charge in [-0.15, -0.1) is 0 Å². The Bertz CT molecular complexity index is 464. The van der Waals surface area contributed by atoms with Crippen LogP contribution in [0.15, 0.2) is 29.2 Å². The third-order valence-corrected chi connectivity index (χ3v) is 4.17. The fraction of sp³-hybridized carbons (Fsp3) is 0.538. The number of aryl methyl sites for hydroxylation is 1. The first-order valence-electron chi connectivity index (χ1n) is 6.03. The predicted octanol–water partition coefficient (Wildman–Crippen LogP) is 2.45. The van der Waals surface area contributed by atoms with Gasteiger partial charge in [0.15, 0.2) is 6.29 Å². The van der Waals surface area contributed by atoms with Crippen LogP contribution in [-0.4, -0.2) is 19.8 Å². The van der Waals surface area contributed by atoms with E-state index in [4.69, 9.17) is 4.18 Å². The van der Waals surface area contributed by atoms with Crippen molar-refractivity contribution in [2.75, 3.05) is 0 Å². The molecule has 0 aliphatic heterocycles. The van der Waals surface area contributed by atoms with Gasteiger partial charge in [0.1, 0.15) is 0 Å². The number of benzene rings is 1. The van der Waals surface area contributed by atoms with Crippen LogP contribution in [0, 0.1) is 12.8 Å². The quantitative estimate of drug-likeness (QED) is 0.638. The van der Waals surface area contributed by atoms with E-state index in [0.29, 0.717) is 6.42 Å². The van der Waals surface area contributed by atoms with Crippen LogP contribution in [0.1, 0.15) is 32.3 Å². The van der Waals surface area contributed by atoms with Crippen LogP contribution >= 0.6 is 0 Å². The van der Waals surface area contributed by atoms with E-state index in [1.165, 1.54) is 12.1 Å². The van der Waals surface area contributed by atoms with Crippen molar-refractivity contribution in [3.05, 3.63) is 29.8 Å². The lowest BCUT2D eigenvalue weighted by atomic mass is 10.1.